The van der Waals surface area contributed by atoms with Crippen molar-refractivity contribution in [3.8, 4) is 0 Å². The van der Waals surface area contributed by atoms with Crippen LogP contribution in [0, 0.1) is 0 Å². The van der Waals surface area contributed by atoms with Crippen molar-refractivity contribution < 1.29 is 4.84 Å². The Bertz CT molecular complexity index is 401. The van der Waals surface area contributed by atoms with Gasteiger partial charge < -0.3 is 0 Å². The zero-order chi connectivity index (χ0) is 14.2. The standard InChI is InChI=1S/C18H27NO/c1-3-10-17-14-8-9-15-19(17)20-18(11-4-2)16-12-6-5-7-13-16/h5-9,12-13,17-18H,3-4,10-11,14-15H2,1-2H3/t17-,18?/m1/s1. The van der Waals surface area contributed by atoms with Gasteiger partial charge in [0.25, 0.3) is 0 Å². The van der Waals surface area contributed by atoms with Crippen LogP contribution in [-0.2, 0) is 4.84 Å². The number of hydrogen-bond donors (Lipinski definition) is 0. The van der Waals surface area contributed by atoms with Crippen LogP contribution in [0.3, 0.4) is 0 Å². The molecule has 0 N–H and O–H groups in total. The molecule has 0 aliphatic carbocycles. The highest BCUT2D eigenvalue weighted by atomic mass is 16.7. The SMILES string of the molecule is CCCC(ON1CC=CC[C@H]1CCC)c1ccccc1. The third-order valence-corrected chi connectivity index (χ3v) is 3.87. The number of hydroxylamine groups is 2. The summed E-state index contributed by atoms with van der Waals surface area (Å²) in [4.78, 5) is 6.37. The molecule has 20 heavy (non-hydrogen) atoms. The monoisotopic (exact) mass is 273 g/mol. The van der Waals surface area contributed by atoms with Crippen molar-refractivity contribution in [3.05, 3.63) is 48.0 Å². The summed E-state index contributed by atoms with van der Waals surface area (Å²) < 4.78 is 0. The molecule has 1 aliphatic heterocycles. The van der Waals surface area contributed by atoms with E-state index in [1.54, 1.807) is 0 Å². The average Bonchev–Trinajstić information content (AvgIpc) is 2.50. The highest BCUT2D eigenvalue weighted by Crippen LogP contribution is 2.27. The van der Waals surface area contributed by atoms with Crippen LogP contribution in [0.5, 0.6) is 0 Å². The van der Waals surface area contributed by atoms with Crippen LogP contribution in [0.2, 0.25) is 0 Å². The van der Waals surface area contributed by atoms with E-state index in [1.165, 1.54) is 18.4 Å². The van der Waals surface area contributed by atoms with Gasteiger partial charge in [0.15, 0.2) is 0 Å². The minimum atomic E-state index is 0.187. The van der Waals surface area contributed by atoms with Gasteiger partial charge in [-0.15, -0.1) is 0 Å². The Hall–Kier alpha value is -1.12. The first kappa shape index (κ1) is 15.3. The van der Waals surface area contributed by atoms with Gasteiger partial charge in [-0.1, -0.05) is 69.2 Å². The Morgan fingerprint density at radius 3 is 2.65 bits per heavy atom. The van der Waals surface area contributed by atoms with Crippen LogP contribution < -0.4 is 0 Å². The van der Waals surface area contributed by atoms with Gasteiger partial charge in [-0.05, 0) is 24.8 Å². The molecule has 1 heterocycles. The first-order valence-corrected chi connectivity index (χ1v) is 7.98. The van der Waals surface area contributed by atoms with E-state index in [9.17, 15) is 0 Å². The van der Waals surface area contributed by atoms with E-state index in [0.29, 0.717) is 6.04 Å². The van der Waals surface area contributed by atoms with Gasteiger partial charge in [-0.3, -0.25) is 4.84 Å². The minimum Gasteiger partial charge on any atom is -0.290 e. The molecular weight excluding hydrogens is 246 g/mol. The summed E-state index contributed by atoms with van der Waals surface area (Å²) in [5.41, 5.74) is 1.29. The van der Waals surface area contributed by atoms with Crippen molar-refractivity contribution in [2.24, 2.45) is 0 Å². The van der Waals surface area contributed by atoms with E-state index in [1.807, 2.05) is 0 Å². The Morgan fingerprint density at radius 1 is 1.15 bits per heavy atom. The fourth-order valence-electron chi connectivity index (χ4n) is 2.80. The van der Waals surface area contributed by atoms with E-state index < -0.39 is 0 Å². The molecule has 0 aromatic heterocycles. The number of nitrogens with zero attached hydrogens (tertiary/aromatic N) is 1. The normalized spacial score (nSPS) is 21.0. The van der Waals surface area contributed by atoms with Crippen LogP contribution in [0.4, 0.5) is 0 Å². The highest BCUT2D eigenvalue weighted by molar-refractivity contribution is 5.17. The van der Waals surface area contributed by atoms with Gasteiger partial charge in [-0.25, -0.2) is 0 Å². The largest absolute Gasteiger partial charge is 0.290 e. The van der Waals surface area contributed by atoms with Gasteiger partial charge >= 0.3 is 0 Å². The molecule has 1 unspecified atom stereocenters. The molecule has 0 spiro atoms. The molecule has 0 amide bonds. The Balaban J connectivity index is 2.05. The van der Waals surface area contributed by atoms with Crippen LogP contribution in [0.25, 0.3) is 0 Å². The molecule has 0 radical (unpaired) electrons. The van der Waals surface area contributed by atoms with Crippen molar-refractivity contribution >= 4 is 0 Å². The third-order valence-electron chi connectivity index (χ3n) is 3.87. The van der Waals surface area contributed by atoms with Crippen LogP contribution >= 0.6 is 0 Å². The predicted octanol–water partition coefficient (Wildman–Crippen LogP) is 4.89. The third kappa shape index (κ3) is 4.19. The smallest absolute Gasteiger partial charge is 0.104 e. The van der Waals surface area contributed by atoms with E-state index >= 15 is 0 Å². The molecule has 2 nitrogen and oxygen atoms in total. The quantitative estimate of drug-likeness (QED) is 0.656. The van der Waals surface area contributed by atoms with Gasteiger partial charge in [0.1, 0.15) is 6.10 Å². The van der Waals surface area contributed by atoms with Crippen LogP contribution in [0.1, 0.15) is 57.6 Å². The van der Waals surface area contributed by atoms with E-state index in [-0.39, 0.29) is 6.10 Å². The summed E-state index contributed by atoms with van der Waals surface area (Å²) in [5, 5.41) is 2.21. The maximum absolute atomic E-state index is 6.37. The summed E-state index contributed by atoms with van der Waals surface area (Å²) in [6, 6.07) is 11.1. The lowest BCUT2D eigenvalue weighted by molar-refractivity contribution is -0.223. The molecule has 0 fully saturated rings. The fraction of sp³-hybridized carbons (Fsp3) is 0.556. The number of rotatable bonds is 7. The highest BCUT2D eigenvalue weighted by Gasteiger charge is 2.23. The minimum absolute atomic E-state index is 0.187. The summed E-state index contributed by atoms with van der Waals surface area (Å²) >= 11 is 0. The molecule has 110 valence electrons. The van der Waals surface area contributed by atoms with Crippen LogP contribution in [-0.4, -0.2) is 17.6 Å². The molecule has 0 bridgehead atoms. The molecule has 0 saturated heterocycles. The Morgan fingerprint density at radius 2 is 1.95 bits per heavy atom. The number of benzene rings is 1. The zero-order valence-corrected chi connectivity index (χ0v) is 12.8. The van der Waals surface area contributed by atoms with E-state index in [4.69, 9.17) is 4.84 Å². The zero-order valence-electron chi connectivity index (χ0n) is 12.8. The van der Waals surface area contributed by atoms with Crippen LogP contribution in [0.15, 0.2) is 42.5 Å². The second-order valence-electron chi connectivity index (χ2n) is 5.54. The van der Waals surface area contributed by atoms with Gasteiger partial charge in [0, 0.05) is 12.6 Å². The molecular formula is C18H27NO. The van der Waals surface area contributed by atoms with Crippen molar-refractivity contribution in [1.29, 1.82) is 0 Å². The maximum atomic E-state index is 6.37. The van der Waals surface area contributed by atoms with Crippen molar-refractivity contribution in [3.63, 3.8) is 0 Å². The van der Waals surface area contributed by atoms with Crippen molar-refractivity contribution in [1.82, 2.24) is 5.06 Å². The van der Waals surface area contributed by atoms with Gasteiger partial charge in [0.2, 0.25) is 0 Å². The average molecular weight is 273 g/mol. The Kier molecular flexibility index (Phi) is 6.28. The predicted molar refractivity (Wildman–Crippen MR) is 84.3 cm³/mol. The molecule has 1 aliphatic rings. The second-order valence-corrected chi connectivity index (χ2v) is 5.54. The van der Waals surface area contributed by atoms with Crippen molar-refractivity contribution in [2.45, 2.75) is 58.1 Å². The molecule has 2 rings (SSSR count). The van der Waals surface area contributed by atoms with E-state index in [0.717, 1.165) is 25.8 Å². The second kappa shape index (κ2) is 8.23. The first-order valence-electron chi connectivity index (χ1n) is 7.98. The van der Waals surface area contributed by atoms with Gasteiger partial charge in [-0.2, -0.15) is 5.06 Å². The molecule has 1 aromatic rings. The lowest BCUT2D eigenvalue weighted by Gasteiger charge is -2.35. The summed E-state index contributed by atoms with van der Waals surface area (Å²) in [6.07, 6.45) is 10.4. The number of hydrogen-bond acceptors (Lipinski definition) is 2. The first-order chi connectivity index (χ1) is 9.85. The molecule has 1 aromatic carbocycles. The lowest BCUT2D eigenvalue weighted by Crippen LogP contribution is -2.38. The Labute approximate surface area is 123 Å². The summed E-state index contributed by atoms with van der Waals surface area (Å²) in [5.74, 6) is 0. The topological polar surface area (TPSA) is 12.5 Å². The molecule has 2 atom stereocenters. The summed E-state index contributed by atoms with van der Waals surface area (Å²) in [6.45, 7) is 5.38. The molecule has 2 heteroatoms. The van der Waals surface area contributed by atoms with E-state index in [2.05, 4.69) is 61.4 Å². The maximum Gasteiger partial charge on any atom is 0.104 e. The van der Waals surface area contributed by atoms with Crippen molar-refractivity contribution in [2.75, 3.05) is 6.54 Å². The lowest BCUT2D eigenvalue weighted by atomic mass is 10.0. The van der Waals surface area contributed by atoms with Gasteiger partial charge in [0.05, 0.1) is 0 Å². The summed E-state index contributed by atoms with van der Waals surface area (Å²) in [7, 11) is 0. The molecule has 0 saturated carbocycles. The fourth-order valence-corrected chi connectivity index (χ4v) is 2.80.